The predicted molar refractivity (Wildman–Crippen MR) is 73.1 cm³/mol. The van der Waals surface area contributed by atoms with Crippen molar-refractivity contribution in [1.29, 1.82) is 0 Å². The summed E-state index contributed by atoms with van der Waals surface area (Å²) in [6.45, 7) is 3.58. The van der Waals surface area contributed by atoms with Crippen molar-refractivity contribution in [2.24, 2.45) is 0 Å². The van der Waals surface area contributed by atoms with Gasteiger partial charge < -0.3 is 9.73 Å². The van der Waals surface area contributed by atoms with Gasteiger partial charge in [0.05, 0.1) is 5.56 Å². The largest absolute Gasteiger partial charge is 0.466 e. The molecule has 0 saturated heterocycles. The van der Waals surface area contributed by atoms with E-state index >= 15 is 0 Å². The first-order chi connectivity index (χ1) is 8.06. The first-order valence-corrected chi connectivity index (χ1v) is 6.14. The highest BCUT2D eigenvalue weighted by Gasteiger charge is 2.13. The van der Waals surface area contributed by atoms with Crippen molar-refractivity contribution in [1.82, 2.24) is 4.98 Å². The molecular formula is C12H11IN2O2. The molecule has 1 amide bonds. The van der Waals surface area contributed by atoms with E-state index in [-0.39, 0.29) is 5.91 Å². The molecule has 0 unspecified atom stereocenters. The zero-order chi connectivity index (χ0) is 12.4. The van der Waals surface area contributed by atoms with Crippen LogP contribution in [0.4, 0.5) is 5.82 Å². The van der Waals surface area contributed by atoms with Gasteiger partial charge in [0.2, 0.25) is 0 Å². The molecule has 0 aliphatic rings. The summed E-state index contributed by atoms with van der Waals surface area (Å²) in [6, 6.07) is 5.37. The third-order valence-corrected chi connectivity index (χ3v) is 2.89. The summed E-state index contributed by atoms with van der Waals surface area (Å²) in [5, 5.41) is 2.73. The highest BCUT2D eigenvalue weighted by molar-refractivity contribution is 14.1. The van der Waals surface area contributed by atoms with Gasteiger partial charge in [-0.15, -0.1) is 0 Å². The molecule has 2 heterocycles. The Kier molecular flexibility index (Phi) is 3.46. The Labute approximate surface area is 113 Å². The third-order valence-electron chi connectivity index (χ3n) is 2.25. The van der Waals surface area contributed by atoms with Crippen LogP contribution in [0, 0.1) is 17.4 Å². The van der Waals surface area contributed by atoms with Gasteiger partial charge >= 0.3 is 0 Å². The maximum atomic E-state index is 11.9. The number of nitrogens with zero attached hydrogens (tertiary/aromatic N) is 1. The van der Waals surface area contributed by atoms with Gasteiger partial charge in [-0.05, 0) is 54.6 Å². The summed E-state index contributed by atoms with van der Waals surface area (Å²) in [6.07, 6.45) is 1.70. The van der Waals surface area contributed by atoms with E-state index in [2.05, 4.69) is 32.9 Å². The van der Waals surface area contributed by atoms with Crippen molar-refractivity contribution < 1.29 is 9.21 Å². The Morgan fingerprint density at radius 3 is 2.71 bits per heavy atom. The van der Waals surface area contributed by atoms with Crippen LogP contribution in [0.15, 0.2) is 28.8 Å². The fourth-order valence-corrected chi connectivity index (χ4v) is 1.81. The topological polar surface area (TPSA) is 55.1 Å². The number of carbonyl (C=O) groups is 1. The predicted octanol–water partition coefficient (Wildman–Crippen LogP) is 3.15. The van der Waals surface area contributed by atoms with Crippen LogP contribution >= 0.6 is 22.6 Å². The van der Waals surface area contributed by atoms with E-state index < -0.39 is 0 Å². The summed E-state index contributed by atoms with van der Waals surface area (Å²) >= 11 is 2.16. The number of hydrogen-bond donors (Lipinski definition) is 1. The van der Waals surface area contributed by atoms with Crippen LogP contribution in [0.3, 0.4) is 0 Å². The maximum Gasteiger partial charge on any atom is 0.260 e. The molecular weight excluding hydrogens is 331 g/mol. The quantitative estimate of drug-likeness (QED) is 0.853. The SMILES string of the molecule is Cc1cc(C(=O)Nc2ccc(I)cn2)c(C)o1. The molecule has 1 N–H and O–H groups in total. The number of amides is 1. The van der Waals surface area contributed by atoms with E-state index in [4.69, 9.17) is 4.42 Å². The van der Waals surface area contributed by atoms with Crippen LogP contribution in [0.1, 0.15) is 21.9 Å². The lowest BCUT2D eigenvalue weighted by Crippen LogP contribution is -2.13. The van der Waals surface area contributed by atoms with Crippen molar-refractivity contribution in [3.05, 3.63) is 45.1 Å². The van der Waals surface area contributed by atoms with Crippen molar-refractivity contribution >= 4 is 34.3 Å². The summed E-state index contributed by atoms with van der Waals surface area (Å²) in [7, 11) is 0. The number of anilines is 1. The smallest absolute Gasteiger partial charge is 0.260 e. The van der Waals surface area contributed by atoms with E-state index in [0.717, 1.165) is 9.33 Å². The minimum absolute atomic E-state index is 0.201. The molecule has 0 aliphatic heterocycles. The van der Waals surface area contributed by atoms with Gasteiger partial charge in [0, 0.05) is 9.77 Å². The second-order valence-electron chi connectivity index (χ2n) is 3.64. The van der Waals surface area contributed by atoms with Gasteiger partial charge in [0.25, 0.3) is 5.91 Å². The summed E-state index contributed by atoms with van der Waals surface area (Å²) in [5.41, 5.74) is 0.544. The standard InChI is InChI=1S/C12H11IN2O2/c1-7-5-10(8(2)17-7)12(16)15-11-4-3-9(13)6-14-11/h3-6H,1-2H3,(H,14,15,16). The van der Waals surface area contributed by atoms with E-state index in [1.165, 1.54) is 0 Å². The van der Waals surface area contributed by atoms with Crippen molar-refractivity contribution in [2.45, 2.75) is 13.8 Å². The molecule has 88 valence electrons. The van der Waals surface area contributed by atoms with Gasteiger partial charge in [-0.25, -0.2) is 4.98 Å². The average Bonchev–Trinajstić information content (AvgIpc) is 2.61. The number of aromatic nitrogens is 1. The lowest BCUT2D eigenvalue weighted by molar-refractivity contribution is 0.102. The third kappa shape index (κ3) is 2.85. The summed E-state index contributed by atoms with van der Waals surface area (Å²) in [4.78, 5) is 16.0. The van der Waals surface area contributed by atoms with E-state index in [9.17, 15) is 4.79 Å². The van der Waals surface area contributed by atoms with Crippen molar-refractivity contribution in [3.63, 3.8) is 0 Å². The van der Waals surface area contributed by atoms with Crippen LogP contribution in [0.25, 0.3) is 0 Å². The average molecular weight is 342 g/mol. The van der Waals surface area contributed by atoms with Gasteiger partial charge in [-0.1, -0.05) is 0 Å². The van der Waals surface area contributed by atoms with Gasteiger partial charge in [-0.2, -0.15) is 0 Å². The van der Waals surface area contributed by atoms with E-state index in [0.29, 0.717) is 17.1 Å². The number of pyridine rings is 1. The number of furan rings is 1. The molecule has 2 aromatic rings. The molecule has 0 radical (unpaired) electrons. The zero-order valence-electron chi connectivity index (χ0n) is 9.45. The number of carbonyl (C=O) groups excluding carboxylic acids is 1. The molecule has 0 aliphatic carbocycles. The lowest BCUT2D eigenvalue weighted by atomic mass is 10.2. The first kappa shape index (κ1) is 12.1. The van der Waals surface area contributed by atoms with Crippen LogP contribution < -0.4 is 5.32 Å². The second kappa shape index (κ2) is 4.87. The van der Waals surface area contributed by atoms with Crippen molar-refractivity contribution in [2.75, 3.05) is 5.32 Å². The van der Waals surface area contributed by atoms with Gasteiger partial charge in [0.15, 0.2) is 0 Å². The molecule has 0 aromatic carbocycles. The number of nitrogens with one attached hydrogen (secondary N) is 1. The van der Waals surface area contributed by atoms with E-state index in [1.807, 2.05) is 13.0 Å². The first-order valence-electron chi connectivity index (χ1n) is 5.06. The molecule has 2 aromatic heterocycles. The molecule has 4 nitrogen and oxygen atoms in total. The Morgan fingerprint density at radius 2 is 2.18 bits per heavy atom. The highest BCUT2D eigenvalue weighted by Crippen LogP contribution is 2.15. The number of aryl methyl sites for hydroxylation is 2. The fraction of sp³-hybridized carbons (Fsp3) is 0.167. The lowest BCUT2D eigenvalue weighted by Gasteiger charge is -2.02. The summed E-state index contributed by atoms with van der Waals surface area (Å²) < 4.78 is 6.33. The Bertz CT molecular complexity index is 546. The van der Waals surface area contributed by atoms with Gasteiger partial charge in [0.1, 0.15) is 17.3 Å². The van der Waals surface area contributed by atoms with Crippen molar-refractivity contribution in [3.8, 4) is 0 Å². The molecule has 0 saturated carbocycles. The number of rotatable bonds is 2. The van der Waals surface area contributed by atoms with E-state index in [1.54, 1.807) is 25.3 Å². The van der Waals surface area contributed by atoms with Gasteiger partial charge in [-0.3, -0.25) is 4.79 Å². The Balaban J connectivity index is 2.17. The number of hydrogen-bond acceptors (Lipinski definition) is 3. The monoisotopic (exact) mass is 342 g/mol. The molecule has 17 heavy (non-hydrogen) atoms. The highest BCUT2D eigenvalue weighted by atomic mass is 127. The maximum absolute atomic E-state index is 11.9. The molecule has 0 fully saturated rings. The normalized spacial score (nSPS) is 10.3. The van der Waals surface area contributed by atoms with Crippen LogP contribution in [0.5, 0.6) is 0 Å². The molecule has 0 atom stereocenters. The fourth-order valence-electron chi connectivity index (χ4n) is 1.49. The zero-order valence-corrected chi connectivity index (χ0v) is 11.6. The molecule has 0 spiro atoms. The molecule has 5 heteroatoms. The Morgan fingerprint density at radius 1 is 1.41 bits per heavy atom. The van der Waals surface area contributed by atoms with Crippen LogP contribution in [0.2, 0.25) is 0 Å². The van der Waals surface area contributed by atoms with Crippen LogP contribution in [-0.2, 0) is 0 Å². The molecule has 2 rings (SSSR count). The van der Waals surface area contributed by atoms with Crippen LogP contribution in [-0.4, -0.2) is 10.9 Å². The summed E-state index contributed by atoms with van der Waals surface area (Å²) in [5.74, 6) is 1.68. The second-order valence-corrected chi connectivity index (χ2v) is 4.89. The minimum Gasteiger partial charge on any atom is -0.466 e. The molecule has 0 bridgehead atoms. The minimum atomic E-state index is -0.201. The Hall–Kier alpha value is -1.37. The number of halogens is 1.